The summed E-state index contributed by atoms with van der Waals surface area (Å²) in [6.07, 6.45) is 0. The summed E-state index contributed by atoms with van der Waals surface area (Å²) in [5, 5.41) is 4.73. The van der Waals surface area contributed by atoms with Crippen LogP contribution in [0.2, 0.25) is 0 Å². The van der Waals surface area contributed by atoms with Crippen LogP contribution < -0.4 is 14.8 Å². The lowest BCUT2D eigenvalue weighted by Crippen LogP contribution is -2.20. The van der Waals surface area contributed by atoms with Crippen molar-refractivity contribution >= 4 is 28.3 Å². The highest BCUT2D eigenvalue weighted by atomic mass is 32.1. The second-order valence-corrected chi connectivity index (χ2v) is 6.60. The molecule has 0 aliphatic carbocycles. The van der Waals surface area contributed by atoms with Crippen molar-refractivity contribution in [2.45, 2.75) is 0 Å². The second kappa shape index (κ2) is 9.16. The van der Waals surface area contributed by atoms with Crippen LogP contribution in [0.1, 0.15) is 10.4 Å². The number of carbonyl (C=O) groups excluding carboxylic acids is 2. The third-order valence-corrected chi connectivity index (χ3v) is 4.62. The van der Waals surface area contributed by atoms with Crippen molar-refractivity contribution in [2.75, 3.05) is 26.1 Å². The number of hydrogen-bond acceptors (Lipinski definition) is 7. The van der Waals surface area contributed by atoms with E-state index in [-0.39, 0.29) is 11.3 Å². The molecule has 1 aromatic heterocycles. The number of halogens is 1. The van der Waals surface area contributed by atoms with E-state index in [1.54, 1.807) is 12.5 Å². The predicted molar refractivity (Wildman–Crippen MR) is 106 cm³/mol. The summed E-state index contributed by atoms with van der Waals surface area (Å²) in [6.45, 7) is -0.524. The van der Waals surface area contributed by atoms with Crippen molar-refractivity contribution in [2.24, 2.45) is 0 Å². The molecule has 9 heteroatoms. The average Bonchev–Trinajstić information content (AvgIpc) is 3.20. The third kappa shape index (κ3) is 5.08. The zero-order valence-electron chi connectivity index (χ0n) is 15.6. The maximum Gasteiger partial charge on any atom is 0.338 e. The number of rotatable bonds is 7. The maximum atomic E-state index is 13.7. The summed E-state index contributed by atoms with van der Waals surface area (Å²) in [4.78, 5) is 28.3. The number of hydrogen-bond donors (Lipinski definition) is 1. The fraction of sp³-hybridized carbons (Fsp3) is 0.150. The number of nitrogens with one attached hydrogen (secondary N) is 1. The van der Waals surface area contributed by atoms with Gasteiger partial charge in [-0.2, -0.15) is 0 Å². The molecule has 0 bridgehead atoms. The van der Waals surface area contributed by atoms with Crippen molar-refractivity contribution in [1.29, 1.82) is 0 Å². The van der Waals surface area contributed by atoms with Gasteiger partial charge in [0, 0.05) is 10.9 Å². The monoisotopic (exact) mass is 416 g/mol. The number of thiazole rings is 1. The molecule has 3 aromatic rings. The van der Waals surface area contributed by atoms with Crippen LogP contribution in [-0.2, 0) is 9.53 Å². The van der Waals surface area contributed by atoms with Gasteiger partial charge in [-0.3, -0.25) is 10.1 Å². The normalized spacial score (nSPS) is 10.3. The third-order valence-electron chi connectivity index (χ3n) is 3.86. The van der Waals surface area contributed by atoms with Crippen molar-refractivity contribution < 1.29 is 28.2 Å². The average molecular weight is 416 g/mol. The summed E-state index contributed by atoms with van der Waals surface area (Å²) in [7, 11) is 2.91. The number of methoxy groups -OCH3 is 2. The van der Waals surface area contributed by atoms with E-state index in [0.717, 1.165) is 17.4 Å². The molecule has 1 amide bonds. The Bertz CT molecular complexity index is 1020. The van der Waals surface area contributed by atoms with Gasteiger partial charge in [-0.25, -0.2) is 14.2 Å². The van der Waals surface area contributed by atoms with Crippen LogP contribution in [0, 0.1) is 5.82 Å². The number of aromatic nitrogens is 1. The van der Waals surface area contributed by atoms with E-state index < -0.39 is 24.3 Å². The zero-order chi connectivity index (χ0) is 20.8. The van der Waals surface area contributed by atoms with Crippen molar-refractivity contribution in [1.82, 2.24) is 4.98 Å². The number of anilines is 1. The molecule has 2 aromatic carbocycles. The van der Waals surface area contributed by atoms with Gasteiger partial charge in [-0.15, -0.1) is 11.3 Å². The molecular weight excluding hydrogens is 399 g/mol. The topological polar surface area (TPSA) is 86.8 Å². The number of ether oxygens (including phenoxy) is 3. The van der Waals surface area contributed by atoms with Crippen molar-refractivity contribution in [3.8, 4) is 22.8 Å². The molecule has 29 heavy (non-hydrogen) atoms. The number of benzene rings is 2. The Hall–Kier alpha value is -3.46. The molecule has 7 nitrogen and oxygen atoms in total. The van der Waals surface area contributed by atoms with E-state index >= 15 is 0 Å². The smallest absolute Gasteiger partial charge is 0.338 e. The lowest BCUT2D eigenvalue weighted by atomic mass is 10.2. The first-order chi connectivity index (χ1) is 14.0. The number of nitrogens with zero attached hydrogens (tertiary/aromatic N) is 1. The quantitative estimate of drug-likeness (QED) is 0.590. The minimum Gasteiger partial charge on any atom is -0.497 e. The summed E-state index contributed by atoms with van der Waals surface area (Å²) in [5.41, 5.74) is 1.54. The number of carbonyl (C=O) groups is 2. The van der Waals surface area contributed by atoms with Crippen LogP contribution in [0.4, 0.5) is 9.52 Å². The Balaban J connectivity index is 1.55. The van der Waals surface area contributed by atoms with Crippen LogP contribution in [0.5, 0.6) is 11.5 Å². The van der Waals surface area contributed by atoms with Gasteiger partial charge in [0.1, 0.15) is 5.75 Å². The first kappa shape index (κ1) is 20.3. The van der Waals surface area contributed by atoms with Gasteiger partial charge in [0.05, 0.1) is 25.5 Å². The molecule has 0 saturated carbocycles. The van der Waals surface area contributed by atoms with Crippen LogP contribution in [-0.4, -0.2) is 37.7 Å². The molecule has 0 radical (unpaired) electrons. The molecule has 1 heterocycles. The van der Waals surface area contributed by atoms with Gasteiger partial charge in [-0.1, -0.05) is 0 Å². The molecule has 0 saturated heterocycles. The number of amides is 1. The van der Waals surface area contributed by atoms with Crippen LogP contribution in [0.3, 0.4) is 0 Å². The summed E-state index contributed by atoms with van der Waals surface area (Å²) >= 11 is 1.24. The van der Waals surface area contributed by atoms with Gasteiger partial charge in [0.2, 0.25) is 0 Å². The van der Waals surface area contributed by atoms with E-state index in [1.165, 1.54) is 30.6 Å². The molecular formula is C20H17FN2O5S. The summed E-state index contributed by atoms with van der Waals surface area (Å²) < 4.78 is 28.5. The molecule has 0 fully saturated rings. The van der Waals surface area contributed by atoms with E-state index in [9.17, 15) is 14.0 Å². The van der Waals surface area contributed by atoms with Gasteiger partial charge in [0.25, 0.3) is 5.91 Å². The lowest BCUT2D eigenvalue weighted by Gasteiger charge is -2.06. The highest BCUT2D eigenvalue weighted by Crippen LogP contribution is 2.26. The molecule has 0 aliphatic heterocycles. The molecule has 0 unspecified atom stereocenters. The molecule has 3 rings (SSSR count). The van der Waals surface area contributed by atoms with Gasteiger partial charge >= 0.3 is 5.97 Å². The van der Waals surface area contributed by atoms with Crippen LogP contribution >= 0.6 is 11.3 Å². The van der Waals surface area contributed by atoms with Gasteiger partial charge in [-0.05, 0) is 42.5 Å². The van der Waals surface area contributed by atoms with Gasteiger partial charge in [0.15, 0.2) is 23.3 Å². The van der Waals surface area contributed by atoms with Gasteiger partial charge < -0.3 is 14.2 Å². The Kier molecular flexibility index (Phi) is 6.40. The zero-order valence-corrected chi connectivity index (χ0v) is 16.4. The Morgan fingerprint density at radius 3 is 2.52 bits per heavy atom. The molecule has 0 aliphatic rings. The molecule has 1 N–H and O–H groups in total. The molecule has 0 spiro atoms. The van der Waals surface area contributed by atoms with E-state index in [2.05, 4.69) is 10.3 Å². The summed E-state index contributed by atoms with van der Waals surface area (Å²) in [5.74, 6) is -1.32. The largest absolute Gasteiger partial charge is 0.497 e. The van der Waals surface area contributed by atoms with E-state index in [0.29, 0.717) is 10.8 Å². The Labute approximate surface area is 170 Å². The first-order valence-electron chi connectivity index (χ1n) is 8.40. The molecule has 0 atom stereocenters. The Morgan fingerprint density at radius 2 is 1.86 bits per heavy atom. The highest BCUT2D eigenvalue weighted by Gasteiger charge is 2.14. The number of esters is 1. The fourth-order valence-electron chi connectivity index (χ4n) is 2.39. The van der Waals surface area contributed by atoms with Crippen molar-refractivity contribution in [3.05, 3.63) is 59.2 Å². The second-order valence-electron chi connectivity index (χ2n) is 5.74. The Morgan fingerprint density at radius 1 is 1.10 bits per heavy atom. The van der Waals surface area contributed by atoms with E-state index in [1.807, 2.05) is 24.3 Å². The molecule has 150 valence electrons. The van der Waals surface area contributed by atoms with Crippen LogP contribution in [0.15, 0.2) is 47.8 Å². The predicted octanol–water partition coefficient (Wildman–Crippen LogP) is 3.76. The fourth-order valence-corrected chi connectivity index (χ4v) is 3.12. The first-order valence-corrected chi connectivity index (χ1v) is 9.28. The highest BCUT2D eigenvalue weighted by molar-refractivity contribution is 7.14. The summed E-state index contributed by atoms with van der Waals surface area (Å²) in [6, 6.07) is 11.0. The lowest BCUT2D eigenvalue weighted by molar-refractivity contribution is -0.119. The minimum absolute atomic E-state index is 0.00993. The SMILES string of the molecule is COc1ccc(-c2csc(NC(=O)COC(=O)c3ccc(OC)c(F)c3)n2)cc1. The van der Waals surface area contributed by atoms with E-state index in [4.69, 9.17) is 14.2 Å². The van der Waals surface area contributed by atoms with Crippen LogP contribution in [0.25, 0.3) is 11.3 Å². The maximum absolute atomic E-state index is 13.7. The standard InChI is InChI=1S/C20H17FN2O5S/c1-26-14-6-3-12(4-7-14)16-11-29-20(22-16)23-18(24)10-28-19(25)13-5-8-17(27-2)15(21)9-13/h3-9,11H,10H2,1-2H3,(H,22,23,24). The van der Waals surface area contributed by atoms with Crippen molar-refractivity contribution in [3.63, 3.8) is 0 Å². The minimum atomic E-state index is -0.820.